The fourth-order valence-corrected chi connectivity index (χ4v) is 11.3. The molecule has 7 heteroatoms. The van der Waals surface area contributed by atoms with Crippen LogP contribution in [-0.4, -0.2) is 22.8 Å². The van der Waals surface area contributed by atoms with Crippen LogP contribution in [0, 0.1) is 17.9 Å². The van der Waals surface area contributed by atoms with Gasteiger partial charge in [-0.1, -0.05) is 169 Å². The summed E-state index contributed by atoms with van der Waals surface area (Å²) in [5.74, 6) is 0. The number of aromatic nitrogens is 5. The first-order valence-corrected chi connectivity index (χ1v) is 23.3. The maximum atomic E-state index is 12.9. The van der Waals surface area contributed by atoms with E-state index in [0.29, 0.717) is 22.0 Å². The zero-order chi connectivity index (χ0) is 70.4. The Hall–Kier alpha value is -10.6. The third kappa shape index (κ3) is 5.40. The predicted molar refractivity (Wildman–Crippen MR) is 309 cm³/mol. The molecule has 11 aromatic carbocycles. The molecule has 0 aliphatic heterocycles. The van der Waals surface area contributed by atoms with Gasteiger partial charge in [0.05, 0.1) is 123 Å². The molecule has 0 N–H and O–H groups in total. The first kappa shape index (κ1) is 24.2. The van der Waals surface area contributed by atoms with Crippen LogP contribution in [0.1, 0.15) is 38.5 Å². The van der Waals surface area contributed by atoms with Crippen LogP contribution in [0.2, 0.25) is 0 Å². The molecular weight excluding hydrogens is 915 g/mol. The second kappa shape index (κ2) is 15.5. The van der Waals surface area contributed by atoms with Crippen molar-refractivity contribution < 1.29 is 32.9 Å². The molecule has 16 rings (SSSR count). The number of rotatable bonds is 5. The van der Waals surface area contributed by atoms with Crippen molar-refractivity contribution in [3.63, 3.8) is 0 Å². The number of para-hydroxylation sites is 9. The molecule has 0 amide bonds. The quantitative estimate of drug-likeness (QED) is 0.159. The van der Waals surface area contributed by atoms with Crippen LogP contribution in [0.25, 0.3) is 142 Å². The SMILES string of the molecule is [2H]c1c([2H])c([2H])c2c(c1[2H])c1c([2H])c([2H])c([2H])c([2H])c1n2-c1c(C#N)c(-n2c3ccccc3c3c2ccc2c4ccccc4n(-c4ccccc4)c23)c([N+]#[C-])c(-n2c3c([2H])c([2H])c([2H])c([2H])c3c3c([2H])c([2H])c([2H])c([2H])c32)c1-n1c2c([2H])c([2H])c([2H])c([2H])c2c2c([2H])c([2H])c([2H])c([2H])c21. The lowest BCUT2D eigenvalue weighted by Gasteiger charge is -2.27. The molecule has 5 heterocycles. The Labute approximate surface area is 462 Å². The van der Waals surface area contributed by atoms with E-state index in [4.69, 9.17) is 8.22 Å². The average molecular weight is 978 g/mol. The number of fused-ring (bicyclic) bond motifs is 16. The molecule has 0 unspecified atom stereocenters. The summed E-state index contributed by atoms with van der Waals surface area (Å²) in [6.07, 6.45) is 0. The van der Waals surface area contributed by atoms with E-state index in [9.17, 15) is 36.5 Å². The lowest BCUT2D eigenvalue weighted by Crippen LogP contribution is -2.14. The smallest absolute Gasteiger partial charge is 0.237 e. The molecule has 75 heavy (non-hydrogen) atoms. The van der Waals surface area contributed by atoms with E-state index in [0.717, 1.165) is 30.0 Å². The Bertz CT molecular complexity index is 6250. The van der Waals surface area contributed by atoms with Gasteiger partial charge in [-0.25, -0.2) is 4.85 Å². The van der Waals surface area contributed by atoms with Crippen LogP contribution in [0.5, 0.6) is 0 Å². The molecule has 0 spiro atoms. The Morgan fingerprint density at radius 3 is 1.23 bits per heavy atom. The van der Waals surface area contributed by atoms with E-state index >= 15 is 0 Å². The van der Waals surface area contributed by atoms with Gasteiger partial charge in [0.2, 0.25) is 5.69 Å². The fourth-order valence-electron chi connectivity index (χ4n) is 11.3. The number of nitriles is 1. The third-order valence-electron chi connectivity index (χ3n) is 14.1. The van der Waals surface area contributed by atoms with Gasteiger partial charge in [-0.3, -0.25) is 0 Å². The second-order valence-electron chi connectivity index (χ2n) is 17.6. The van der Waals surface area contributed by atoms with Crippen molar-refractivity contribution in [1.29, 1.82) is 5.26 Å². The maximum Gasteiger partial charge on any atom is 0.237 e. The highest BCUT2D eigenvalue weighted by Gasteiger charge is 2.35. The number of benzene rings is 11. The lowest BCUT2D eigenvalue weighted by atomic mass is 10.0. The maximum absolute atomic E-state index is 12.9. The first-order chi connectivity index (χ1) is 47.2. The molecule has 0 saturated heterocycles. The molecule has 0 saturated carbocycles. The molecule has 7 nitrogen and oxygen atoms in total. The minimum Gasteiger partial charge on any atom is -0.317 e. The van der Waals surface area contributed by atoms with E-state index in [1.54, 1.807) is 30.3 Å². The molecular formula is C68H39N7. The van der Waals surface area contributed by atoms with Gasteiger partial charge < -0.3 is 22.8 Å². The molecule has 0 fully saturated rings. The average Bonchev–Trinajstić information content (AvgIpc) is 1.54. The van der Waals surface area contributed by atoms with Crippen molar-refractivity contribution in [2.24, 2.45) is 0 Å². The highest BCUT2D eigenvalue weighted by atomic mass is 15.1. The second-order valence-corrected chi connectivity index (χ2v) is 17.6. The summed E-state index contributed by atoms with van der Waals surface area (Å²) in [6, 6.07) is 6.98. The van der Waals surface area contributed by atoms with Crippen molar-refractivity contribution in [2.75, 3.05) is 0 Å². The van der Waals surface area contributed by atoms with Gasteiger partial charge in [0.25, 0.3) is 0 Å². The van der Waals surface area contributed by atoms with Crippen LogP contribution in [0.15, 0.2) is 236 Å². The summed E-state index contributed by atoms with van der Waals surface area (Å²) in [5.41, 5.74) is -6.53. The van der Waals surface area contributed by atoms with E-state index in [1.807, 2.05) is 65.2 Å². The van der Waals surface area contributed by atoms with E-state index in [2.05, 4.69) is 10.9 Å². The molecule has 0 aliphatic rings. The number of nitrogens with zero attached hydrogens (tertiary/aromatic N) is 7. The molecule has 0 atom stereocenters. The van der Waals surface area contributed by atoms with E-state index in [-0.39, 0.29) is 11.0 Å². The number of hydrogen-bond acceptors (Lipinski definition) is 1. The van der Waals surface area contributed by atoms with E-state index < -0.39 is 244 Å². The monoisotopic (exact) mass is 977 g/mol. The largest absolute Gasteiger partial charge is 0.317 e. The zero-order valence-corrected chi connectivity index (χ0v) is 38.3. The van der Waals surface area contributed by atoms with Crippen molar-refractivity contribution in [1.82, 2.24) is 22.8 Å². The van der Waals surface area contributed by atoms with Crippen LogP contribution in [0.4, 0.5) is 5.69 Å². The van der Waals surface area contributed by atoms with Gasteiger partial charge in [0.15, 0.2) is 0 Å². The van der Waals surface area contributed by atoms with Crippen LogP contribution in [-0.2, 0) is 0 Å². The minimum atomic E-state index is -1.000. The zero-order valence-electron chi connectivity index (χ0n) is 62.3. The van der Waals surface area contributed by atoms with Gasteiger partial charge in [-0.15, -0.1) is 0 Å². The highest BCUT2D eigenvalue weighted by molar-refractivity contribution is 6.27. The van der Waals surface area contributed by atoms with Gasteiger partial charge in [0.1, 0.15) is 6.07 Å². The van der Waals surface area contributed by atoms with Crippen LogP contribution >= 0.6 is 0 Å². The van der Waals surface area contributed by atoms with Crippen molar-refractivity contribution in [2.45, 2.75) is 0 Å². The topological polar surface area (TPSA) is 52.8 Å². The first-order valence-electron chi connectivity index (χ1n) is 35.3. The van der Waals surface area contributed by atoms with Crippen LogP contribution < -0.4 is 0 Å². The summed E-state index contributed by atoms with van der Waals surface area (Å²) >= 11 is 0. The lowest BCUT2D eigenvalue weighted by molar-refractivity contribution is 1.03. The summed E-state index contributed by atoms with van der Waals surface area (Å²) in [5, 5.41) is 11.8. The van der Waals surface area contributed by atoms with E-state index in [1.165, 1.54) is 4.57 Å². The van der Waals surface area contributed by atoms with Crippen molar-refractivity contribution in [3.05, 3.63) is 253 Å². The molecule has 16 aromatic rings. The Kier molecular flexibility index (Phi) is 4.99. The number of hydrogen-bond donors (Lipinski definition) is 0. The Morgan fingerprint density at radius 2 is 0.747 bits per heavy atom. The molecule has 0 bridgehead atoms. The predicted octanol–water partition coefficient (Wildman–Crippen LogP) is 17.6. The fraction of sp³-hybridized carbons (Fsp3) is 0. The summed E-state index contributed by atoms with van der Waals surface area (Å²) < 4.78 is 235. The Balaban J connectivity index is 1.34. The summed E-state index contributed by atoms with van der Waals surface area (Å²) in [7, 11) is 0. The molecule has 346 valence electrons. The highest BCUT2D eigenvalue weighted by Crippen LogP contribution is 2.52. The molecule has 0 aliphatic carbocycles. The van der Waals surface area contributed by atoms with Gasteiger partial charge in [-0.2, -0.15) is 5.26 Å². The van der Waals surface area contributed by atoms with Gasteiger partial charge in [0, 0.05) is 59.5 Å². The standard InChI is InChI=1S/C68H39N7/c1-70-63-65(75-60-38-20-12-30-51(60)62-61(75)40-39-50-49-29-11-13-31-53(49)71(64(50)62)42-21-3-2-4-22-42)52(41-69)66(72-54-32-14-5-23-43(54)44-24-6-15-33-55(44)72)68(74-58-36-18-9-27-47(58)48-28-10-19-37-59(48)74)67(63)73-56-34-16-7-25-45(56)46-26-8-17-35-57(46)73/h2-40H/i5D,6D,7D,8D,9D,10D,14D,15D,16D,17D,18D,19D,23D,24D,25D,26D,27D,28D,32D,33D,34D,35D,36D,37D. The minimum absolute atomic E-state index is 0.215. The third-order valence-corrected chi connectivity index (χ3v) is 14.1. The molecule has 5 aromatic heterocycles. The van der Waals surface area contributed by atoms with Gasteiger partial charge in [-0.05, 0) is 66.6 Å². The van der Waals surface area contributed by atoms with Crippen molar-refractivity contribution in [3.8, 4) is 34.5 Å². The summed E-state index contributed by atoms with van der Waals surface area (Å²) in [6.45, 7) is 9.91. The summed E-state index contributed by atoms with van der Waals surface area (Å²) in [4.78, 5) is 4.30. The van der Waals surface area contributed by atoms with Crippen LogP contribution in [0.3, 0.4) is 0 Å². The van der Waals surface area contributed by atoms with Crippen molar-refractivity contribution >= 4 is 115 Å². The van der Waals surface area contributed by atoms with Gasteiger partial charge >= 0.3 is 0 Å². The molecule has 0 radical (unpaired) electrons. The Morgan fingerprint density at radius 1 is 0.347 bits per heavy atom. The normalized spacial score (nSPS) is 16.5.